The van der Waals surface area contributed by atoms with Crippen LogP contribution in [0.5, 0.6) is 0 Å². The van der Waals surface area contributed by atoms with Crippen LogP contribution < -0.4 is 5.73 Å². The molecule has 0 fully saturated rings. The van der Waals surface area contributed by atoms with Crippen molar-refractivity contribution in [1.82, 2.24) is 14.8 Å². The van der Waals surface area contributed by atoms with Gasteiger partial charge in [-0.3, -0.25) is 4.98 Å². The molecule has 0 aliphatic heterocycles. The van der Waals surface area contributed by atoms with Crippen LogP contribution in [0.1, 0.15) is 17.1 Å². The molecule has 2 heterocycles. The molecular weight excluding hydrogens is 188 g/mol. The molecule has 2 rings (SSSR count). The van der Waals surface area contributed by atoms with Gasteiger partial charge in [-0.05, 0) is 32.9 Å². The molecule has 0 aromatic carbocycles. The summed E-state index contributed by atoms with van der Waals surface area (Å²) in [5.74, 6) is 0. The van der Waals surface area contributed by atoms with E-state index < -0.39 is 0 Å². The largest absolute Gasteiger partial charge is 0.396 e. The second-order valence-electron chi connectivity index (χ2n) is 3.65. The van der Waals surface area contributed by atoms with Crippen molar-refractivity contribution in [2.24, 2.45) is 0 Å². The minimum absolute atomic E-state index is 0.754. The number of rotatable bonds is 1. The van der Waals surface area contributed by atoms with E-state index in [0.29, 0.717) is 0 Å². The number of nitrogen functional groups attached to an aromatic ring is 1. The highest BCUT2D eigenvalue weighted by Gasteiger charge is 2.09. The Kier molecular flexibility index (Phi) is 2.19. The summed E-state index contributed by atoms with van der Waals surface area (Å²) in [5.41, 5.74) is 10.4. The van der Waals surface area contributed by atoms with Crippen molar-refractivity contribution in [3.8, 4) is 5.69 Å². The highest BCUT2D eigenvalue weighted by molar-refractivity contribution is 5.50. The van der Waals surface area contributed by atoms with Crippen LogP contribution in [0, 0.1) is 20.8 Å². The van der Waals surface area contributed by atoms with Gasteiger partial charge in [0, 0.05) is 11.9 Å². The average Bonchev–Trinajstić information content (AvgIpc) is 2.46. The quantitative estimate of drug-likeness (QED) is 0.766. The van der Waals surface area contributed by atoms with Crippen LogP contribution in [0.4, 0.5) is 5.69 Å². The lowest BCUT2D eigenvalue weighted by molar-refractivity contribution is 0.829. The molecule has 0 aliphatic carbocycles. The van der Waals surface area contributed by atoms with E-state index in [0.717, 1.165) is 28.5 Å². The number of nitrogens with zero attached hydrogens (tertiary/aromatic N) is 3. The highest BCUT2D eigenvalue weighted by Crippen LogP contribution is 2.19. The summed E-state index contributed by atoms with van der Waals surface area (Å²) < 4.78 is 1.85. The van der Waals surface area contributed by atoms with Gasteiger partial charge in [0.15, 0.2) is 0 Å². The summed E-state index contributed by atoms with van der Waals surface area (Å²) >= 11 is 0. The van der Waals surface area contributed by atoms with Crippen LogP contribution in [0.3, 0.4) is 0 Å². The van der Waals surface area contributed by atoms with Crippen molar-refractivity contribution < 1.29 is 0 Å². The molecule has 0 saturated carbocycles. The molecule has 4 heteroatoms. The molecule has 15 heavy (non-hydrogen) atoms. The van der Waals surface area contributed by atoms with Gasteiger partial charge in [-0.25, -0.2) is 4.68 Å². The van der Waals surface area contributed by atoms with Crippen LogP contribution >= 0.6 is 0 Å². The van der Waals surface area contributed by atoms with Crippen LogP contribution in [-0.4, -0.2) is 14.8 Å². The van der Waals surface area contributed by atoms with E-state index in [1.165, 1.54) is 0 Å². The Morgan fingerprint density at radius 3 is 2.53 bits per heavy atom. The van der Waals surface area contributed by atoms with Gasteiger partial charge in [0.2, 0.25) is 0 Å². The molecule has 0 amide bonds. The molecule has 2 N–H and O–H groups in total. The Balaban J connectivity index is 2.59. The van der Waals surface area contributed by atoms with Gasteiger partial charge in [0.25, 0.3) is 0 Å². The van der Waals surface area contributed by atoms with Gasteiger partial charge >= 0.3 is 0 Å². The van der Waals surface area contributed by atoms with Crippen LogP contribution in [0.15, 0.2) is 18.3 Å². The van der Waals surface area contributed by atoms with Gasteiger partial charge < -0.3 is 5.73 Å². The lowest BCUT2D eigenvalue weighted by Gasteiger charge is -2.04. The second-order valence-corrected chi connectivity index (χ2v) is 3.65. The summed E-state index contributed by atoms with van der Waals surface area (Å²) in [7, 11) is 0. The molecule has 2 aromatic rings. The van der Waals surface area contributed by atoms with Crippen molar-refractivity contribution in [3.05, 3.63) is 35.4 Å². The number of aryl methyl sites for hydroxylation is 2. The third kappa shape index (κ3) is 1.58. The highest BCUT2D eigenvalue weighted by atomic mass is 15.3. The van der Waals surface area contributed by atoms with Gasteiger partial charge in [0.1, 0.15) is 0 Å². The molecule has 0 saturated heterocycles. The summed E-state index contributed by atoms with van der Waals surface area (Å²) in [5, 5.41) is 4.38. The van der Waals surface area contributed by atoms with E-state index in [2.05, 4.69) is 10.1 Å². The number of nitrogens with two attached hydrogens (primary N) is 1. The van der Waals surface area contributed by atoms with Crippen molar-refractivity contribution >= 4 is 5.69 Å². The van der Waals surface area contributed by atoms with Crippen molar-refractivity contribution in [3.63, 3.8) is 0 Å². The van der Waals surface area contributed by atoms with Gasteiger partial charge in [-0.2, -0.15) is 5.10 Å². The molecule has 0 aliphatic rings. The Morgan fingerprint density at radius 2 is 2.00 bits per heavy atom. The van der Waals surface area contributed by atoms with Crippen molar-refractivity contribution in [2.75, 3.05) is 5.73 Å². The molecule has 0 spiro atoms. The summed E-state index contributed by atoms with van der Waals surface area (Å²) in [6.07, 6.45) is 1.78. The van der Waals surface area contributed by atoms with E-state index in [1.54, 1.807) is 6.20 Å². The molecule has 78 valence electrons. The Morgan fingerprint density at radius 1 is 1.27 bits per heavy atom. The zero-order chi connectivity index (χ0) is 11.0. The lowest BCUT2D eigenvalue weighted by Crippen LogP contribution is -2.00. The first kappa shape index (κ1) is 9.71. The van der Waals surface area contributed by atoms with E-state index >= 15 is 0 Å². The maximum absolute atomic E-state index is 5.88. The van der Waals surface area contributed by atoms with Gasteiger partial charge in [0.05, 0.1) is 22.8 Å². The fraction of sp³-hybridized carbons (Fsp3) is 0.273. The number of anilines is 1. The molecular formula is C11H14N4. The fourth-order valence-corrected chi connectivity index (χ4v) is 1.57. The number of hydrogen-bond acceptors (Lipinski definition) is 3. The SMILES string of the molecule is Cc1cc(-n2nc(C)c(N)c2C)ccn1. The first-order valence-electron chi connectivity index (χ1n) is 4.84. The maximum Gasteiger partial charge on any atom is 0.0830 e. The standard InChI is InChI=1S/C11H14N4/c1-7-6-10(4-5-13-7)15-9(3)11(12)8(2)14-15/h4-6H,12H2,1-3H3. The third-order valence-corrected chi connectivity index (χ3v) is 2.47. The summed E-state index contributed by atoms with van der Waals surface area (Å²) in [4.78, 5) is 4.15. The number of pyridine rings is 1. The van der Waals surface area contributed by atoms with Gasteiger partial charge in [-0.15, -0.1) is 0 Å². The minimum atomic E-state index is 0.754. The Labute approximate surface area is 88.8 Å². The van der Waals surface area contributed by atoms with E-state index in [9.17, 15) is 0 Å². The van der Waals surface area contributed by atoms with Crippen LogP contribution in [0.25, 0.3) is 5.69 Å². The molecule has 2 aromatic heterocycles. The van der Waals surface area contributed by atoms with Gasteiger partial charge in [-0.1, -0.05) is 0 Å². The molecule has 0 atom stereocenters. The Hall–Kier alpha value is -1.84. The van der Waals surface area contributed by atoms with E-state index in [-0.39, 0.29) is 0 Å². The zero-order valence-corrected chi connectivity index (χ0v) is 9.15. The van der Waals surface area contributed by atoms with Crippen LogP contribution in [-0.2, 0) is 0 Å². The van der Waals surface area contributed by atoms with Crippen LogP contribution in [0.2, 0.25) is 0 Å². The zero-order valence-electron chi connectivity index (χ0n) is 9.15. The molecule has 4 nitrogen and oxygen atoms in total. The molecule has 0 unspecified atom stereocenters. The Bertz CT molecular complexity index is 499. The first-order valence-corrected chi connectivity index (χ1v) is 4.84. The van der Waals surface area contributed by atoms with E-state index in [4.69, 9.17) is 5.73 Å². The first-order chi connectivity index (χ1) is 7.09. The fourth-order valence-electron chi connectivity index (χ4n) is 1.57. The topological polar surface area (TPSA) is 56.7 Å². The number of hydrogen-bond donors (Lipinski definition) is 1. The normalized spacial score (nSPS) is 10.6. The number of aromatic nitrogens is 3. The molecule has 0 bridgehead atoms. The lowest BCUT2D eigenvalue weighted by atomic mass is 10.3. The summed E-state index contributed by atoms with van der Waals surface area (Å²) in [6, 6.07) is 3.91. The smallest absolute Gasteiger partial charge is 0.0830 e. The maximum atomic E-state index is 5.88. The average molecular weight is 202 g/mol. The monoisotopic (exact) mass is 202 g/mol. The molecule has 0 radical (unpaired) electrons. The summed E-state index contributed by atoms with van der Waals surface area (Å²) in [6.45, 7) is 5.83. The third-order valence-electron chi connectivity index (χ3n) is 2.47. The predicted octanol–water partition coefficient (Wildman–Crippen LogP) is 1.77. The minimum Gasteiger partial charge on any atom is -0.396 e. The van der Waals surface area contributed by atoms with Crippen molar-refractivity contribution in [1.29, 1.82) is 0 Å². The van der Waals surface area contributed by atoms with Crippen molar-refractivity contribution in [2.45, 2.75) is 20.8 Å². The van der Waals surface area contributed by atoms with E-state index in [1.807, 2.05) is 37.6 Å². The second kappa shape index (κ2) is 3.38. The predicted molar refractivity (Wildman–Crippen MR) is 60.0 cm³/mol.